The zero-order chi connectivity index (χ0) is 14.9. The molecule has 1 saturated heterocycles. The summed E-state index contributed by atoms with van der Waals surface area (Å²) in [5, 5.41) is 0. The van der Waals surface area contributed by atoms with E-state index < -0.39 is 0 Å². The second kappa shape index (κ2) is 6.04. The van der Waals surface area contributed by atoms with Crippen molar-refractivity contribution in [2.24, 2.45) is 17.6 Å². The Kier molecular flexibility index (Phi) is 4.59. The smallest absolute Gasteiger partial charge is 0.125 e. The molecule has 0 radical (unpaired) electrons. The molecule has 1 aliphatic rings. The van der Waals surface area contributed by atoms with Crippen molar-refractivity contribution in [1.29, 1.82) is 0 Å². The molecule has 4 atom stereocenters. The van der Waals surface area contributed by atoms with Crippen molar-refractivity contribution >= 4 is 5.69 Å². The van der Waals surface area contributed by atoms with Crippen LogP contribution >= 0.6 is 0 Å². The molecule has 0 aromatic heterocycles. The lowest BCUT2D eigenvalue weighted by molar-refractivity contribution is 0.296. The van der Waals surface area contributed by atoms with Crippen LogP contribution in [0.3, 0.4) is 0 Å². The van der Waals surface area contributed by atoms with E-state index in [-0.39, 0.29) is 6.04 Å². The van der Waals surface area contributed by atoms with Crippen LogP contribution in [0.15, 0.2) is 18.2 Å². The van der Waals surface area contributed by atoms with E-state index in [2.05, 4.69) is 37.8 Å². The van der Waals surface area contributed by atoms with E-state index in [4.69, 9.17) is 10.5 Å². The molecule has 1 fully saturated rings. The summed E-state index contributed by atoms with van der Waals surface area (Å²) in [5.41, 5.74) is 8.57. The number of nitrogens with two attached hydrogens (primary N) is 1. The first-order valence-corrected chi connectivity index (χ1v) is 7.64. The Balaban J connectivity index is 2.45. The van der Waals surface area contributed by atoms with E-state index in [1.807, 2.05) is 13.0 Å². The highest BCUT2D eigenvalue weighted by atomic mass is 16.5. The fraction of sp³-hybridized carbons (Fsp3) is 0.647. The summed E-state index contributed by atoms with van der Waals surface area (Å²) in [5.74, 6) is 2.31. The normalized spacial score (nSPS) is 28.3. The summed E-state index contributed by atoms with van der Waals surface area (Å²) in [6.45, 7) is 10.1. The molecule has 3 heteroatoms. The zero-order valence-electron chi connectivity index (χ0n) is 13.4. The first-order valence-electron chi connectivity index (χ1n) is 7.64. The van der Waals surface area contributed by atoms with Gasteiger partial charge in [0.25, 0.3) is 0 Å². The molecule has 0 aliphatic carbocycles. The molecular formula is C17H28N2O. The SMILES string of the molecule is COc1cccc(N2CC(C)CC(C)C2C)c1[C@H](C)N. The van der Waals surface area contributed by atoms with Crippen molar-refractivity contribution in [2.45, 2.75) is 46.2 Å². The molecule has 0 amide bonds. The highest BCUT2D eigenvalue weighted by Crippen LogP contribution is 2.38. The Morgan fingerprint density at radius 2 is 2.00 bits per heavy atom. The van der Waals surface area contributed by atoms with Crippen LogP contribution in [0.4, 0.5) is 5.69 Å². The van der Waals surface area contributed by atoms with Crippen LogP contribution in [0.1, 0.15) is 45.7 Å². The van der Waals surface area contributed by atoms with Crippen LogP contribution < -0.4 is 15.4 Å². The number of nitrogens with zero attached hydrogens (tertiary/aromatic N) is 1. The standard InChI is InChI=1S/C17H28N2O/c1-11-9-12(2)14(4)19(10-11)15-7-6-8-16(20-5)17(15)13(3)18/h6-8,11-14H,9-10,18H2,1-5H3/t11?,12?,13-,14?/m0/s1. The third-order valence-electron chi connectivity index (χ3n) is 4.63. The van der Waals surface area contributed by atoms with Crippen molar-refractivity contribution in [2.75, 3.05) is 18.6 Å². The van der Waals surface area contributed by atoms with Gasteiger partial charge in [-0.1, -0.05) is 19.9 Å². The highest BCUT2D eigenvalue weighted by molar-refractivity contribution is 5.61. The van der Waals surface area contributed by atoms with Crippen molar-refractivity contribution in [3.63, 3.8) is 0 Å². The average Bonchev–Trinajstić information content (AvgIpc) is 2.41. The lowest BCUT2D eigenvalue weighted by atomic mass is 9.85. The van der Waals surface area contributed by atoms with Gasteiger partial charge in [0.15, 0.2) is 0 Å². The average molecular weight is 276 g/mol. The number of piperidine rings is 1. The summed E-state index contributed by atoms with van der Waals surface area (Å²) in [6.07, 6.45) is 1.30. The molecular weight excluding hydrogens is 248 g/mol. The van der Waals surface area contributed by atoms with Gasteiger partial charge in [-0.05, 0) is 44.2 Å². The summed E-state index contributed by atoms with van der Waals surface area (Å²) < 4.78 is 5.52. The minimum absolute atomic E-state index is 0.0270. The van der Waals surface area contributed by atoms with E-state index in [0.29, 0.717) is 17.9 Å². The quantitative estimate of drug-likeness (QED) is 0.917. The van der Waals surface area contributed by atoms with E-state index in [0.717, 1.165) is 17.9 Å². The maximum Gasteiger partial charge on any atom is 0.125 e. The zero-order valence-corrected chi connectivity index (χ0v) is 13.4. The predicted molar refractivity (Wildman–Crippen MR) is 85.3 cm³/mol. The molecule has 1 aliphatic heterocycles. The molecule has 1 heterocycles. The minimum atomic E-state index is -0.0270. The van der Waals surface area contributed by atoms with Gasteiger partial charge in [-0.25, -0.2) is 0 Å². The van der Waals surface area contributed by atoms with Crippen LogP contribution in [-0.4, -0.2) is 19.7 Å². The molecule has 0 bridgehead atoms. The Bertz CT molecular complexity index is 458. The molecule has 20 heavy (non-hydrogen) atoms. The van der Waals surface area contributed by atoms with Gasteiger partial charge >= 0.3 is 0 Å². The van der Waals surface area contributed by atoms with Gasteiger partial charge in [0.1, 0.15) is 5.75 Å². The van der Waals surface area contributed by atoms with E-state index in [9.17, 15) is 0 Å². The molecule has 3 unspecified atom stereocenters. The molecule has 1 aromatic rings. The summed E-state index contributed by atoms with van der Waals surface area (Å²) in [4.78, 5) is 2.51. The molecule has 0 spiro atoms. The minimum Gasteiger partial charge on any atom is -0.496 e. The van der Waals surface area contributed by atoms with E-state index in [1.165, 1.54) is 12.1 Å². The number of hydrogen-bond donors (Lipinski definition) is 1. The summed E-state index contributed by atoms with van der Waals surface area (Å²) >= 11 is 0. The molecule has 2 rings (SSSR count). The van der Waals surface area contributed by atoms with Gasteiger partial charge in [0.2, 0.25) is 0 Å². The number of methoxy groups -OCH3 is 1. The van der Waals surface area contributed by atoms with E-state index >= 15 is 0 Å². The van der Waals surface area contributed by atoms with Gasteiger partial charge in [-0.3, -0.25) is 0 Å². The maximum atomic E-state index is 6.21. The first-order chi connectivity index (χ1) is 9.45. The van der Waals surface area contributed by atoms with Gasteiger partial charge in [0.05, 0.1) is 7.11 Å². The molecule has 3 nitrogen and oxygen atoms in total. The Hall–Kier alpha value is -1.22. The molecule has 2 N–H and O–H groups in total. The third-order valence-corrected chi connectivity index (χ3v) is 4.63. The van der Waals surface area contributed by atoms with Crippen LogP contribution in [-0.2, 0) is 0 Å². The highest BCUT2D eigenvalue weighted by Gasteiger charge is 2.31. The number of ether oxygens (including phenoxy) is 1. The number of hydrogen-bond acceptors (Lipinski definition) is 3. The Morgan fingerprint density at radius 1 is 1.30 bits per heavy atom. The van der Waals surface area contributed by atoms with Crippen molar-refractivity contribution in [3.05, 3.63) is 23.8 Å². The van der Waals surface area contributed by atoms with Crippen LogP contribution in [0.2, 0.25) is 0 Å². The summed E-state index contributed by atoms with van der Waals surface area (Å²) in [6, 6.07) is 6.76. The van der Waals surface area contributed by atoms with Gasteiger partial charge < -0.3 is 15.4 Å². The maximum absolute atomic E-state index is 6.21. The second-order valence-electron chi connectivity index (χ2n) is 6.39. The predicted octanol–water partition coefficient (Wildman–Crippen LogP) is 3.59. The van der Waals surface area contributed by atoms with Gasteiger partial charge in [0, 0.05) is 29.9 Å². The number of rotatable bonds is 3. The number of anilines is 1. The molecule has 1 aromatic carbocycles. The lowest BCUT2D eigenvalue weighted by Crippen LogP contribution is -2.46. The van der Waals surface area contributed by atoms with Crippen molar-refractivity contribution in [3.8, 4) is 5.75 Å². The van der Waals surface area contributed by atoms with Crippen LogP contribution in [0.5, 0.6) is 5.75 Å². The molecule has 112 valence electrons. The largest absolute Gasteiger partial charge is 0.496 e. The van der Waals surface area contributed by atoms with Crippen molar-refractivity contribution in [1.82, 2.24) is 0 Å². The fourth-order valence-corrected chi connectivity index (χ4v) is 3.45. The first kappa shape index (κ1) is 15.2. The van der Waals surface area contributed by atoms with Gasteiger partial charge in [-0.15, -0.1) is 0 Å². The Labute approximate surface area is 123 Å². The van der Waals surface area contributed by atoms with Crippen LogP contribution in [0.25, 0.3) is 0 Å². The third kappa shape index (κ3) is 2.78. The number of benzene rings is 1. The monoisotopic (exact) mass is 276 g/mol. The second-order valence-corrected chi connectivity index (χ2v) is 6.39. The van der Waals surface area contributed by atoms with E-state index in [1.54, 1.807) is 7.11 Å². The van der Waals surface area contributed by atoms with Crippen LogP contribution in [0, 0.1) is 11.8 Å². The van der Waals surface area contributed by atoms with Gasteiger partial charge in [-0.2, -0.15) is 0 Å². The topological polar surface area (TPSA) is 38.5 Å². The Morgan fingerprint density at radius 3 is 2.60 bits per heavy atom. The lowest BCUT2D eigenvalue weighted by Gasteiger charge is -2.44. The fourth-order valence-electron chi connectivity index (χ4n) is 3.45. The summed E-state index contributed by atoms with van der Waals surface area (Å²) in [7, 11) is 1.72. The molecule has 0 saturated carbocycles. The van der Waals surface area contributed by atoms with Crippen molar-refractivity contribution < 1.29 is 4.74 Å².